The van der Waals surface area contributed by atoms with Gasteiger partial charge in [-0.25, -0.2) is 0 Å². The number of carbonyl (C=O) groups excluding carboxylic acids is 3. The molecule has 1 spiro atoms. The molecule has 4 rings (SSSR count). The molecule has 1 N–H and O–H groups in total. The molecule has 1 heterocycles. The second-order valence-corrected chi connectivity index (χ2v) is 9.41. The molecule has 1 unspecified atom stereocenters. The lowest BCUT2D eigenvalue weighted by Gasteiger charge is -2.37. The van der Waals surface area contributed by atoms with Crippen molar-refractivity contribution in [3.8, 4) is 0 Å². The van der Waals surface area contributed by atoms with Crippen LogP contribution in [0.15, 0.2) is 53.8 Å². The summed E-state index contributed by atoms with van der Waals surface area (Å²) in [6, 6.07) is 11.3. The van der Waals surface area contributed by atoms with Crippen molar-refractivity contribution in [2.45, 2.75) is 32.7 Å². The van der Waals surface area contributed by atoms with Crippen LogP contribution in [0.2, 0.25) is 10.0 Å². The number of nitrogens with zero attached hydrogens (tertiary/aromatic N) is 1. The quantitative estimate of drug-likeness (QED) is 0.723. The first-order chi connectivity index (χ1) is 14.0. The predicted octanol–water partition coefficient (Wildman–Crippen LogP) is 4.79. The van der Waals surface area contributed by atoms with Crippen LogP contribution in [0.4, 0.5) is 5.69 Å². The van der Waals surface area contributed by atoms with Gasteiger partial charge in [0.25, 0.3) is 5.91 Å². The van der Waals surface area contributed by atoms with Crippen molar-refractivity contribution in [2.24, 2.45) is 5.41 Å². The van der Waals surface area contributed by atoms with Gasteiger partial charge in [-0.05, 0) is 41.5 Å². The summed E-state index contributed by atoms with van der Waals surface area (Å²) in [7, 11) is 0. The minimum atomic E-state index is -1.77. The van der Waals surface area contributed by atoms with Crippen LogP contribution in [0.5, 0.6) is 0 Å². The first-order valence-corrected chi connectivity index (χ1v) is 10.2. The zero-order chi connectivity index (χ0) is 22.0. The fraction of sp³-hybridized carbons (Fsp3) is 0.261. The van der Waals surface area contributed by atoms with Gasteiger partial charge in [-0.15, -0.1) is 0 Å². The second-order valence-electron chi connectivity index (χ2n) is 8.53. The number of halogens is 2. The number of fused-ring (bicyclic) bond motifs is 2. The van der Waals surface area contributed by atoms with Gasteiger partial charge in [0.05, 0.1) is 5.57 Å². The predicted molar refractivity (Wildman–Crippen MR) is 115 cm³/mol. The van der Waals surface area contributed by atoms with E-state index in [2.05, 4.69) is 0 Å². The molecular weight excluding hydrogens is 425 g/mol. The van der Waals surface area contributed by atoms with E-state index >= 15 is 0 Å². The molecule has 0 aromatic heterocycles. The number of aliphatic hydroxyl groups excluding tert-OH is 1. The Morgan fingerprint density at radius 2 is 1.73 bits per heavy atom. The molecule has 2 aromatic rings. The van der Waals surface area contributed by atoms with Gasteiger partial charge in [-0.1, -0.05) is 56.1 Å². The minimum absolute atomic E-state index is 0.0194. The molecule has 0 saturated carbocycles. The Morgan fingerprint density at radius 1 is 1.07 bits per heavy atom. The lowest BCUT2D eigenvalue weighted by molar-refractivity contribution is -0.128. The first kappa shape index (κ1) is 20.6. The highest BCUT2D eigenvalue weighted by Crippen LogP contribution is 2.53. The van der Waals surface area contributed by atoms with Crippen LogP contribution in [0.25, 0.3) is 0 Å². The average Bonchev–Trinajstić information content (AvgIpc) is 3.05. The Morgan fingerprint density at radius 3 is 2.37 bits per heavy atom. The molecule has 1 atom stereocenters. The van der Waals surface area contributed by atoms with E-state index in [1.165, 1.54) is 11.0 Å². The van der Waals surface area contributed by atoms with E-state index in [-0.39, 0.29) is 17.8 Å². The van der Waals surface area contributed by atoms with Crippen molar-refractivity contribution in [3.05, 3.63) is 75.0 Å². The van der Waals surface area contributed by atoms with Gasteiger partial charge in [-0.2, -0.15) is 0 Å². The molecule has 1 aliphatic heterocycles. The number of amides is 1. The Kier molecular flexibility index (Phi) is 4.60. The average molecular weight is 444 g/mol. The molecule has 1 aliphatic carbocycles. The van der Waals surface area contributed by atoms with E-state index in [4.69, 9.17) is 23.2 Å². The second kappa shape index (κ2) is 6.69. The van der Waals surface area contributed by atoms with Crippen LogP contribution in [0.1, 0.15) is 31.9 Å². The number of Topliss-reactive ketones (excluding diaryl/α,β-unsaturated/α-hetero) is 2. The Labute approximate surface area is 183 Å². The van der Waals surface area contributed by atoms with Gasteiger partial charge in [0.2, 0.25) is 0 Å². The highest BCUT2D eigenvalue weighted by molar-refractivity contribution is 6.32. The van der Waals surface area contributed by atoms with Gasteiger partial charge in [-0.3, -0.25) is 19.3 Å². The smallest absolute Gasteiger partial charge is 0.295 e. The number of hydrogen-bond donors (Lipinski definition) is 1. The van der Waals surface area contributed by atoms with E-state index in [0.29, 0.717) is 26.9 Å². The van der Waals surface area contributed by atoms with E-state index < -0.39 is 28.4 Å². The van der Waals surface area contributed by atoms with E-state index in [0.717, 1.165) is 0 Å². The molecule has 0 radical (unpaired) electrons. The highest BCUT2D eigenvalue weighted by Gasteiger charge is 2.64. The Bertz CT molecular complexity index is 1160. The molecule has 5 nitrogen and oxygen atoms in total. The van der Waals surface area contributed by atoms with Crippen LogP contribution in [-0.2, 0) is 26.3 Å². The summed E-state index contributed by atoms with van der Waals surface area (Å²) in [6.07, 6.45) is -0.0194. The summed E-state index contributed by atoms with van der Waals surface area (Å²) in [6.45, 7) is 5.04. The summed E-state index contributed by atoms with van der Waals surface area (Å²) in [4.78, 5) is 41.5. The zero-order valence-electron chi connectivity index (χ0n) is 16.6. The summed E-state index contributed by atoms with van der Waals surface area (Å²) in [5, 5.41) is 11.7. The number of aliphatic hydroxyl groups is 1. The van der Waals surface area contributed by atoms with Crippen molar-refractivity contribution in [2.75, 3.05) is 4.90 Å². The van der Waals surface area contributed by atoms with E-state index in [9.17, 15) is 19.5 Å². The summed E-state index contributed by atoms with van der Waals surface area (Å²) >= 11 is 12.3. The fourth-order valence-electron chi connectivity index (χ4n) is 4.25. The van der Waals surface area contributed by atoms with Gasteiger partial charge in [0.1, 0.15) is 0 Å². The van der Waals surface area contributed by atoms with Gasteiger partial charge >= 0.3 is 0 Å². The standard InChI is InChI=1S/C23H19Cl2NO4/c1-22(2,3)20(29)18-19(28)21(30)26(15-6-4-5-13(24)11-15)23(18)16-8-7-14(25)9-12(16)10-17(23)27/h4-9,11,28H,10H2,1-3H3. The fourth-order valence-corrected chi connectivity index (χ4v) is 4.63. The highest BCUT2D eigenvalue weighted by atomic mass is 35.5. The lowest BCUT2D eigenvalue weighted by atomic mass is 9.74. The largest absolute Gasteiger partial charge is 0.503 e. The SMILES string of the molecule is CC(C)(C)C(=O)C1=C(O)C(=O)N(c2cccc(Cl)c2)C12C(=O)Cc1cc(Cl)ccc12. The maximum absolute atomic E-state index is 13.6. The molecule has 1 amide bonds. The monoisotopic (exact) mass is 443 g/mol. The van der Waals surface area contributed by atoms with Crippen molar-refractivity contribution < 1.29 is 19.5 Å². The van der Waals surface area contributed by atoms with Crippen molar-refractivity contribution in [1.29, 1.82) is 0 Å². The third kappa shape index (κ3) is 2.72. The normalized spacial score (nSPS) is 21.0. The summed E-state index contributed by atoms with van der Waals surface area (Å²) in [5.74, 6) is -2.40. The third-order valence-electron chi connectivity index (χ3n) is 5.53. The van der Waals surface area contributed by atoms with Crippen LogP contribution in [0.3, 0.4) is 0 Å². The third-order valence-corrected chi connectivity index (χ3v) is 6.00. The first-order valence-electron chi connectivity index (χ1n) is 9.40. The lowest BCUT2D eigenvalue weighted by Crippen LogP contribution is -2.52. The molecule has 30 heavy (non-hydrogen) atoms. The molecule has 2 aliphatic rings. The molecule has 0 fully saturated rings. The maximum atomic E-state index is 13.6. The van der Waals surface area contributed by atoms with E-state index in [1.54, 1.807) is 57.2 Å². The van der Waals surface area contributed by atoms with E-state index in [1.807, 2.05) is 0 Å². The molecule has 0 saturated heterocycles. The van der Waals surface area contributed by atoms with Crippen LogP contribution >= 0.6 is 23.2 Å². The summed E-state index contributed by atoms with van der Waals surface area (Å²) in [5.41, 5.74) is -1.52. The van der Waals surface area contributed by atoms with Crippen LogP contribution in [-0.4, -0.2) is 22.6 Å². The maximum Gasteiger partial charge on any atom is 0.295 e. The van der Waals surface area contributed by atoms with Gasteiger partial charge in [0.15, 0.2) is 22.9 Å². The van der Waals surface area contributed by atoms with Crippen molar-refractivity contribution in [3.63, 3.8) is 0 Å². The molecular formula is C23H19Cl2NO4. The minimum Gasteiger partial charge on any atom is -0.503 e. The number of rotatable bonds is 2. The van der Waals surface area contributed by atoms with Gasteiger partial charge < -0.3 is 5.11 Å². The van der Waals surface area contributed by atoms with Crippen molar-refractivity contribution >= 4 is 46.4 Å². The summed E-state index contributed by atoms with van der Waals surface area (Å²) < 4.78 is 0. The molecule has 154 valence electrons. The molecule has 0 bridgehead atoms. The zero-order valence-corrected chi connectivity index (χ0v) is 18.1. The Hall–Kier alpha value is -2.63. The molecule has 2 aromatic carbocycles. The van der Waals surface area contributed by atoms with Crippen molar-refractivity contribution in [1.82, 2.24) is 0 Å². The Balaban J connectivity index is 2.10. The topological polar surface area (TPSA) is 74.7 Å². The van der Waals surface area contributed by atoms with Gasteiger partial charge in [0, 0.05) is 27.6 Å². The number of ketones is 2. The molecule has 7 heteroatoms. The van der Waals surface area contributed by atoms with Crippen LogP contribution in [0, 0.1) is 5.41 Å². The van der Waals surface area contributed by atoms with Crippen LogP contribution < -0.4 is 4.90 Å². The number of carbonyl (C=O) groups is 3. The number of anilines is 1. The number of hydrogen-bond acceptors (Lipinski definition) is 4. The number of benzene rings is 2.